The summed E-state index contributed by atoms with van der Waals surface area (Å²) in [6, 6.07) is 8.67. The number of methoxy groups -OCH3 is 2. The Balaban J connectivity index is 2.45. The molecule has 118 valence electrons. The van der Waals surface area contributed by atoms with Crippen molar-refractivity contribution in [2.24, 2.45) is 0 Å². The maximum Gasteiger partial charge on any atom is 0.573 e. The Labute approximate surface area is 124 Å². The first-order valence-electron chi connectivity index (χ1n) is 6.16. The molecular formula is C15H13F3O4. The minimum Gasteiger partial charge on any atom is -0.504 e. The summed E-state index contributed by atoms with van der Waals surface area (Å²) in [4.78, 5) is 0. The van der Waals surface area contributed by atoms with E-state index in [1.54, 1.807) is 18.2 Å². The molecule has 2 rings (SSSR count). The summed E-state index contributed by atoms with van der Waals surface area (Å²) >= 11 is 0. The number of rotatable bonds is 4. The number of para-hydroxylation sites is 1. The van der Waals surface area contributed by atoms with E-state index in [0.717, 1.165) is 6.07 Å². The maximum atomic E-state index is 12.2. The quantitative estimate of drug-likeness (QED) is 0.927. The largest absolute Gasteiger partial charge is 0.573 e. The highest BCUT2D eigenvalue weighted by Gasteiger charge is 2.32. The number of halogens is 3. The Morgan fingerprint density at radius 3 is 2.23 bits per heavy atom. The Kier molecular flexibility index (Phi) is 4.35. The van der Waals surface area contributed by atoms with Gasteiger partial charge in [-0.15, -0.1) is 13.2 Å². The molecular weight excluding hydrogens is 301 g/mol. The normalized spacial score (nSPS) is 11.1. The highest BCUT2D eigenvalue weighted by molar-refractivity contribution is 5.75. The van der Waals surface area contributed by atoms with E-state index in [1.165, 1.54) is 26.4 Å². The van der Waals surface area contributed by atoms with Gasteiger partial charge in [-0.25, -0.2) is 0 Å². The number of alkyl halides is 3. The van der Waals surface area contributed by atoms with Crippen LogP contribution in [0.3, 0.4) is 0 Å². The minimum absolute atomic E-state index is 0.411. The van der Waals surface area contributed by atoms with Crippen LogP contribution in [0.15, 0.2) is 36.4 Å². The molecule has 22 heavy (non-hydrogen) atoms. The van der Waals surface area contributed by atoms with Gasteiger partial charge >= 0.3 is 6.36 Å². The van der Waals surface area contributed by atoms with Crippen molar-refractivity contribution in [2.75, 3.05) is 14.2 Å². The van der Waals surface area contributed by atoms with Crippen molar-refractivity contribution < 1.29 is 32.5 Å². The van der Waals surface area contributed by atoms with E-state index in [4.69, 9.17) is 9.47 Å². The molecule has 0 spiro atoms. The number of phenolic OH excluding ortho intramolecular Hbond substituents is 1. The van der Waals surface area contributed by atoms with E-state index in [9.17, 15) is 18.3 Å². The van der Waals surface area contributed by atoms with E-state index in [0.29, 0.717) is 22.6 Å². The van der Waals surface area contributed by atoms with Crippen LogP contribution in [0.4, 0.5) is 13.2 Å². The lowest BCUT2D eigenvalue weighted by molar-refractivity contribution is -0.275. The lowest BCUT2D eigenvalue weighted by Gasteiger charge is -2.14. The highest BCUT2D eigenvalue weighted by Crippen LogP contribution is 2.41. The number of phenols is 1. The Hall–Kier alpha value is -2.57. The lowest BCUT2D eigenvalue weighted by atomic mass is 10.0. The number of hydrogen-bond donors (Lipinski definition) is 1. The molecule has 0 aliphatic carbocycles. The van der Waals surface area contributed by atoms with Gasteiger partial charge in [0.1, 0.15) is 0 Å². The zero-order valence-electron chi connectivity index (χ0n) is 11.8. The summed E-state index contributed by atoms with van der Waals surface area (Å²) in [7, 11) is 2.92. The highest BCUT2D eigenvalue weighted by atomic mass is 19.4. The molecule has 0 bridgehead atoms. The van der Waals surface area contributed by atoms with Crippen LogP contribution in [0.1, 0.15) is 0 Å². The first-order chi connectivity index (χ1) is 10.4. The number of ether oxygens (including phenoxy) is 3. The van der Waals surface area contributed by atoms with Gasteiger partial charge < -0.3 is 19.3 Å². The lowest BCUT2D eigenvalue weighted by Crippen LogP contribution is -2.17. The molecule has 2 aromatic rings. The minimum atomic E-state index is -4.87. The van der Waals surface area contributed by atoms with Crippen molar-refractivity contribution in [3.05, 3.63) is 36.4 Å². The van der Waals surface area contributed by atoms with Crippen LogP contribution in [-0.4, -0.2) is 25.7 Å². The van der Waals surface area contributed by atoms with E-state index in [-0.39, 0.29) is 0 Å². The molecule has 4 nitrogen and oxygen atoms in total. The molecule has 0 radical (unpaired) electrons. The van der Waals surface area contributed by atoms with Gasteiger partial charge in [-0.05, 0) is 23.8 Å². The average molecular weight is 314 g/mol. The summed E-state index contributed by atoms with van der Waals surface area (Å²) in [6.07, 6.45) is -4.87. The monoisotopic (exact) mass is 314 g/mol. The smallest absolute Gasteiger partial charge is 0.504 e. The average Bonchev–Trinajstić information content (AvgIpc) is 2.47. The Morgan fingerprint density at radius 2 is 1.68 bits per heavy atom. The van der Waals surface area contributed by atoms with Gasteiger partial charge in [0, 0.05) is 5.56 Å². The van der Waals surface area contributed by atoms with Crippen LogP contribution in [0.2, 0.25) is 0 Å². The molecule has 0 aliphatic rings. The van der Waals surface area contributed by atoms with E-state index in [2.05, 4.69) is 4.74 Å². The fourth-order valence-corrected chi connectivity index (χ4v) is 2.01. The van der Waals surface area contributed by atoms with E-state index < -0.39 is 17.9 Å². The summed E-state index contributed by atoms with van der Waals surface area (Å²) in [6.45, 7) is 0. The van der Waals surface area contributed by atoms with Crippen LogP contribution in [-0.2, 0) is 0 Å². The second-order valence-electron chi connectivity index (χ2n) is 4.27. The van der Waals surface area contributed by atoms with Crippen molar-refractivity contribution in [2.45, 2.75) is 6.36 Å². The molecule has 0 saturated heterocycles. The second kappa shape index (κ2) is 6.05. The SMILES string of the molecule is COc1cccc(-c2ccc(OC(F)(F)F)c(O)c2)c1OC. The molecule has 0 fully saturated rings. The molecule has 0 unspecified atom stereocenters. The molecule has 0 aromatic heterocycles. The molecule has 0 aliphatic heterocycles. The predicted octanol–water partition coefficient (Wildman–Crippen LogP) is 3.98. The van der Waals surface area contributed by atoms with Gasteiger partial charge in [-0.1, -0.05) is 18.2 Å². The van der Waals surface area contributed by atoms with Crippen molar-refractivity contribution in [3.63, 3.8) is 0 Å². The third-order valence-electron chi connectivity index (χ3n) is 2.90. The maximum absolute atomic E-state index is 12.2. The van der Waals surface area contributed by atoms with Crippen molar-refractivity contribution in [1.29, 1.82) is 0 Å². The van der Waals surface area contributed by atoms with Crippen LogP contribution < -0.4 is 14.2 Å². The van der Waals surface area contributed by atoms with E-state index in [1.807, 2.05) is 0 Å². The predicted molar refractivity (Wildman–Crippen MR) is 73.3 cm³/mol. The first-order valence-corrected chi connectivity index (χ1v) is 6.16. The van der Waals surface area contributed by atoms with Crippen LogP contribution >= 0.6 is 0 Å². The molecule has 0 heterocycles. The molecule has 1 N–H and O–H groups in total. The Morgan fingerprint density at radius 1 is 0.955 bits per heavy atom. The topological polar surface area (TPSA) is 47.9 Å². The number of aromatic hydroxyl groups is 1. The van der Waals surface area contributed by atoms with Crippen LogP contribution in [0.25, 0.3) is 11.1 Å². The van der Waals surface area contributed by atoms with Crippen molar-refractivity contribution >= 4 is 0 Å². The van der Waals surface area contributed by atoms with Gasteiger partial charge in [0.05, 0.1) is 14.2 Å². The molecule has 2 aromatic carbocycles. The summed E-state index contributed by atoms with van der Waals surface area (Å²) in [5.74, 6) is -0.415. The molecule has 0 amide bonds. The molecule has 7 heteroatoms. The second-order valence-corrected chi connectivity index (χ2v) is 4.27. The molecule has 0 atom stereocenters. The zero-order valence-corrected chi connectivity index (χ0v) is 11.8. The van der Waals surface area contributed by atoms with Crippen molar-refractivity contribution in [1.82, 2.24) is 0 Å². The van der Waals surface area contributed by atoms with Crippen LogP contribution in [0.5, 0.6) is 23.0 Å². The van der Waals surface area contributed by atoms with Gasteiger partial charge in [0.25, 0.3) is 0 Å². The first kappa shape index (κ1) is 15.8. The van der Waals surface area contributed by atoms with Gasteiger partial charge in [0.15, 0.2) is 23.0 Å². The Bertz CT molecular complexity index is 668. The van der Waals surface area contributed by atoms with Crippen molar-refractivity contribution in [3.8, 4) is 34.1 Å². The molecule has 0 saturated carbocycles. The fraction of sp³-hybridized carbons (Fsp3) is 0.200. The third kappa shape index (κ3) is 3.36. The number of hydrogen-bond acceptors (Lipinski definition) is 4. The van der Waals surface area contributed by atoms with Gasteiger partial charge in [-0.3, -0.25) is 0 Å². The van der Waals surface area contributed by atoms with Crippen LogP contribution in [0, 0.1) is 0 Å². The third-order valence-corrected chi connectivity index (χ3v) is 2.90. The fourth-order valence-electron chi connectivity index (χ4n) is 2.01. The summed E-state index contributed by atoms with van der Waals surface area (Å²) < 4.78 is 50.7. The summed E-state index contributed by atoms with van der Waals surface area (Å²) in [5.41, 5.74) is 1.03. The zero-order chi connectivity index (χ0) is 16.3. The standard InChI is InChI=1S/C15H13F3O4/c1-20-13-5-3-4-10(14(13)21-2)9-6-7-12(11(19)8-9)22-15(16,17)18/h3-8,19H,1-2H3. The van der Waals surface area contributed by atoms with Gasteiger partial charge in [0.2, 0.25) is 0 Å². The van der Waals surface area contributed by atoms with E-state index >= 15 is 0 Å². The number of benzene rings is 2. The van der Waals surface area contributed by atoms with Gasteiger partial charge in [-0.2, -0.15) is 0 Å². The summed E-state index contributed by atoms with van der Waals surface area (Å²) in [5, 5.41) is 9.71.